The third-order valence-corrected chi connectivity index (χ3v) is 4.58. The van der Waals surface area contributed by atoms with E-state index in [2.05, 4.69) is 54.6 Å². The van der Waals surface area contributed by atoms with Crippen molar-refractivity contribution in [2.45, 2.75) is 37.0 Å². The maximum absolute atomic E-state index is 10.5. The van der Waals surface area contributed by atoms with Crippen LogP contribution in [0.3, 0.4) is 0 Å². The molecule has 2 N–H and O–H groups in total. The van der Waals surface area contributed by atoms with Crippen LogP contribution < -0.4 is 5.32 Å². The number of aromatic amines is 1. The lowest BCUT2D eigenvalue weighted by atomic mass is 10.1. The van der Waals surface area contributed by atoms with E-state index in [9.17, 15) is 4.39 Å². The molecule has 1 heterocycles. The first-order valence-corrected chi connectivity index (χ1v) is 8.22. The fraction of sp³-hybridized carbons (Fsp3) is 0.333. The second-order valence-electron chi connectivity index (χ2n) is 4.93. The second kappa shape index (κ2) is 10.2. The average Bonchev–Trinajstić information content (AvgIpc) is 2.86. The fourth-order valence-corrected chi connectivity index (χ4v) is 2.98. The Labute approximate surface area is 137 Å². The third kappa shape index (κ3) is 5.70. The van der Waals surface area contributed by atoms with Crippen LogP contribution in [-0.4, -0.2) is 18.6 Å². The smallest absolute Gasteiger partial charge is 0.0824 e. The topological polar surface area (TPSA) is 27.8 Å². The van der Waals surface area contributed by atoms with Crippen LogP contribution in [-0.2, 0) is 6.42 Å². The van der Waals surface area contributed by atoms with Gasteiger partial charge in [-0.25, -0.2) is 4.39 Å². The van der Waals surface area contributed by atoms with Gasteiger partial charge < -0.3 is 10.3 Å². The van der Waals surface area contributed by atoms with Crippen molar-refractivity contribution in [3.05, 3.63) is 59.7 Å². The van der Waals surface area contributed by atoms with Crippen LogP contribution in [0.25, 0.3) is 0 Å². The Bertz CT molecular complexity index is 587. The van der Waals surface area contributed by atoms with Crippen LogP contribution in [0.1, 0.15) is 23.7 Å². The standard InChI is InChI=1S/C15H20N2S.C3H5F/c1-11-12(2)17-10-15(11)18-14-7-5-4-6-13(14)8-9-16-3;1-2-3-4/h4-7,10,16-17H,8-9H2,1-3H3;2-3H,1H3/b;3-2+. The van der Waals surface area contributed by atoms with Crippen molar-refractivity contribution in [1.29, 1.82) is 0 Å². The van der Waals surface area contributed by atoms with Gasteiger partial charge in [0.15, 0.2) is 0 Å². The molecule has 0 aliphatic rings. The normalized spacial score (nSPS) is 10.6. The Balaban J connectivity index is 0.000000541. The summed E-state index contributed by atoms with van der Waals surface area (Å²) in [6, 6.07) is 8.65. The van der Waals surface area contributed by atoms with Crippen LogP contribution in [0.5, 0.6) is 0 Å². The molecular weight excluding hydrogens is 295 g/mol. The number of rotatable bonds is 5. The van der Waals surface area contributed by atoms with Crippen LogP contribution >= 0.6 is 11.8 Å². The Kier molecular flexibility index (Phi) is 8.63. The molecule has 0 unspecified atom stereocenters. The number of nitrogens with one attached hydrogen (secondary N) is 2. The molecule has 0 radical (unpaired) electrons. The molecule has 0 fully saturated rings. The summed E-state index contributed by atoms with van der Waals surface area (Å²) in [5.74, 6) is 0. The molecule has 1 aromatic heterocycles. The monoisotopic (exact) mass is 320 g/mol. The van der Waals surface area contributed by atoms with E-state index in [0.717, 1.165) is 13.0 Å². The van der Waals surface area contributed by atoms with Gasteiger partial charge in [-0.1, -0.05) is 36.0 Å². The molecule has 0 aliphatic carbocycles. The highest BCUT2D eigenvalue weighted by Crippen LogP contribution is 2.33. The van der Waals surface area contributed by atoms with Gasteiger partial charge in [-0.15, -0.1) is 0 Å². The molecule has 4 heteroatoms. The highest BCUT2D eigenvalue weighted by molar-refractivity contribution is 7.99. The van der Waals surface area contributed by atoms with Crippen molar-refractivity contribution in [3.8, 4) is 0 Å². The minimum Gasteiger partial charge on any atom is -0.364 e. The van der Waals surface area contributed by atoms with Crippen LogP contribution in [0.2, 0.25) is 0 Å². The highest BCUT2D eigenvalue weighted by atomic mass is 32.2. The first kappa shape index (κ1) is 18.5. The quantitative estimate of drug-likeness (QED) is 0.808. The number of likely N-dealkylation sites (N-methyl/N-ethyl adjacent to an activating group) is 1. The molecule has 0 saturated carbocycles. The summed E-state index contributed by atoms with van der Waals surface area (Å²) in [7, 11) is 2.00. The number of benzene rings is 1. The van der Waals surface area contributed by atoms with Crippen LogP contribution in [0, 0.1) is 13.8 Å². The lowest BCUT2D eigenvalue weighted by Gasteiger charge is -2.08. The van der Waals surface area contributed by atoms with E-state index < -0.39 is 0 Å². The number of hydrogen-bond acceptors (Lipinski definition) is 2. The number of aromatic nitrogens is 1. The van der Waals surface area contributed by atoms with Crippen molar-refractivity contribution in [2.24, 2.45) is 0 Å². The number of aryl methyl sites for hydroxylation is 1. The Morgan fingerprint density at radius 2 is 1.91 bits per heavy atom. The van der Waals surface area contributed by atoms with E-state index in [4.69, 9.17) is 0 Å². The van der Waals surface area contributed by atoms with Gasteiger partial charge in [-0.05, 0) is 58.0 Å². The van der Waals surface area contributed by atoms with E-state index >= 15 is 0 Å². The molecule has 1 aromatic carbocycles. The minimum atomic E-state index is 0.500. The van der Waals surface area contributed by atoms with Gasteiger partial charge in [-0.3, -0.25) is 0 Å². The maximum atomic E-state index is 10.5. The molecule has 0 saturated heterocycles. The van der Waals surface area contributed by atoms with Gasteiger partial charge in [0.05, 0.1) is 6.33 Å². The van der Waals surface area contributed by atoms with E-state index in [0.29, 0.717) is 6.33 Å². The van der Waals surface area contributed by atoms with Gasteiger partial charge in [0, 0.05) is 21.7 Å². The number of allylic oxidation sites excluding steroid dienone is 1. The zero-order chi connectivity index (χ0) is 16.4. The third-order valence-electron chi connectivity index (χ3n) is 3.31. The van der Waals surface area contributed by atoms with Gasteiger partial charge >= 0.3 is 0 Å². The molecule has 0 aliphatic heterocycles. The van der Waals surface area contributed by atoms with Gasteiger partial charge in [-0.2, -0.15) is 0 Å². The zero-order valence-electron chi connectivity index (χ0n) is 13.7. The summed E-state index contributed by atoms with van der Waals surface area (Å²) in [6.45, 7) is 6.93. The molecule has 2 nitrogen and oxygen atoms in total. The summed E-state index contributed by atoms with van der Waals surface area (Å²) in [4.78, 5) is 5.97. The molecule has 0 bridgehead atoms. The van der Waals surface area contributed by atoms with Gasteiger partial charge in [0.1, 0.15) is 0 Å². The van der Waals surface area contributed by atoms with Crippen molar-refractivity contribution >= 4 is 11.8 Å². The number of hydrogen-bond donors (Lipinski definition) is 2. The number of H-pyrrole nitrogens is 1. The van der Waals surface area contributed by atoms with Crippen LogP contribution in [0.4, 0.5) is 4.39 Å². The second-order valence-corrected chi connectivity index (χ2v) is 6.01. The summed E-state index contributed by atoms with van der Waals surface area (Å²) < 4.78 is 10.5. The zero-order valence-corrected chi connectivity index (χ0v) is 14.6. The molecule has 120 valence electrons. The van der Waals surface area contributed by atoms with Crippen molar-refractivity contribution in [3.63, 3.8) is 0 Å². The molecule has 22 heavy (non-hydrogen) atoms. The first-order valence-electron chi connectivity index (χ1n) is 7.40. The van der Waals surface area contributed by atoms with E-state index in [1.807, 2.05) is 18.8 Å². The van der Waals surface area contributed by atoms with Gasteiger partial charge in [0.2, 0.25) is 0 Å². The predicted octanol–water partition coefficient (Wildman–Crippen LogP) is 5.03. The van der Waals surface area contributed by atoms with Crippen molar-refractivity contribution in [2.75, 3.05) is 13.6 Å². The van der Waals surface area contributed by atoms with Crippen LogP contribution in [0.15, 0.2) is 52.7 Å². The van der Waals surface area contributed by atoms with E-state index in [1.165, 1.54) is 32.7 Å². The van der Waals surface area contributed by atoms with Crippen molar-refractivity contribution in [1.82, 2.24) is 10.3 Å². The molecule has 2 rings (SSSR count). The lowest BCUT2D eigenvalue weighted by molar-refractivity contribution is 0.719. The number of halogens is 1. The Hall–Kier alpha value is -1.52. The molecule has 0 spiro atoms. The lowest BCUT2D eigenvalue weighted by Crippen LogP contribution is -2.10. The average molecular weight is 320 g/mol. The first-order chi connectivity index (χ1) is 10.6. The maximum Gasteiger partial charge on any atom is 0.0824 e. The van der Waals surface area contributed by atoms with E-state index in [-0.39, 0.29) is 0 Å². The predicted molar refractivity (Wildman–Crippen MR) is 94.4 cm³/mol. The molecule has 2 aromatic rings. The van der Waals surface area contributed by atoms with Crippen molar-refractivity contribution < 1.29 is 4.39 Å². The largest absolute Gasteiger partial charge is 0.364 e. The Morgan fingerprint density at radius 1 is 1.23 bits per heavy atom. The SMILES string of the molecule is C/C=C/F.CNCCc1ccccc1Sc1c[nH]c(C)c1C. The van der Waals surface area contributed by atoms with Gasteiger partial charge in [0.25, 0.3) is 0 Å². The summed E-state index contributed by atoms with van der Waals surface area (Å²) in [5.41, 5.74) is 4.02. The minimum absolute atomic E-state index is 0.500. The fourth-order valence-electron chi connectivity index (χ4n) is 1.87. The van der Waals surface area contributed by atoms with E-state index in [1.54, 1.807) is 6.92 Å². The molecule has 0 amide bonds. The molecular formula is C18H25FN2S. The Morgan fingerprint density at radius 3 is 2.45 bits per heavy atom. The summed E-state index contributed by atoms with van der Waals surface area (Å²) in [6.07, 6.45) is 5.01. The highest BCUT2D eigenvalue weighted by Gasteiger charge is 2.08. The summed E-state index contributed by atoms with van der Waals surface area (Å²) >= 11 is 1.85. The molecule has 0 atom stereocenters. The summed E-state index contributed by atoms with van der Waals surface area (Å²) in [5, 5.41) is 3.21.